The average Bonchev–Trinajstić information content (AvgIpc) is 2.24. The predicted octanol–water partition coefficient (Wildman–Crippen LogP) is 1.64. The molecule has 1 rings (SSSR count). The van der Waals surface area contributed by atoms with E-state index in [0.29, 0.717) is 5.56 Å². The SMILES string of the molecule is Cc1ccccc1C(=O)NCC(=O)NC(C)(C)C. The molecule has 1 aromatic carbocycles. The fourth-order valence-electron chi connectivity index (χ4n) is 1.55. The Kier molecular flexibility index (Phi) is 4.48. The van der Waals surface area contributed by atoms with E-state index >= 15 is 0 Å². The van der Waals surface area contributed by atoms with Crippen LogP contribution in [0.4, 0.5) is 0 Å². The van der Waals surface area contributed by atoms with Crippen LogP contribution in [0.3, 0.4) is 0 Å². The number of amides is 2. The van der Waals surface area contributed by atoms with Crippen molar-refractivity contribution in [3.05, 3.63) is 35.4 Å². The van der Waals surface area contributed by atoms with E-state index < -0.39 is 0 Å². The minimum absolute atomic E-state index is 0.00949. The third-order valence-corrected chi connectivity index (χ3v) is 2.31. The zero-order chi connectivity index (χ0) is 13.8. The molecule has 0 heterocycles. The summed E-state index contributed by atoms with van der Waals surface area (Å²) >= 11 is 0. The summed E-state index contributed by atoms with van der Waals surface area (Å²) in [6.45, 7) is 7.55. The van der Waals surface area contributed by atoms with Crippen molar-refractivity contribution >= 4 is 11.8 Å². The lowest BCUT2D eigenvalue weighted by Crippen LogP contribution is -2.45. The van der Waals surface area contributed by atoms with Crippen molar-refractivity contribution in [3.63, 3.8) is 0 Å². The van der Waals surface area contributed by atoms with Gasteiger partial charge in [0.15, 0.2) is 0 Å². The molecule has 0 spiro atoms. The Hall–Kier alpha value is -1.84. The number of carbonyl (C=O) groups excluding carboxylic acids is 2. The summed E-state index contributed by atoms with van der Waals surface area (Å²) in [5.41, 5.74) is 1.21. The van der Waals surface area contributed by atoms with E-state index in [2.05, 4.69) is 10.6 Å². The van der Waals surface area contributed by atoms with Gasteiger partial charge in [-0.3, -0.25) is 9.59 Å². The van der Waals surface area contributed by atoms with Gasteiger partial charge in [-0.1, -0.05) is 18.2 Å². The second-order valence-corrected chi connectivity index (χ2v) is 5.30. The van der Waals surface area contributed by atoms with Gasteiger partial charge in [0.05, 0.1) is 6.54 Å². The first-order chi connectivity index (χ1) is 8.29. The Morgan fingerprint density at radius 3 is 2.33 bits per heavy atom. The van der Waals surface area contributed by atoms with Crippen LogP contribution >= 0.6 is 0 Å². The quantitative estimate of drug-likeness (QED) is 0.854. The predicted molar refractivity (Wildman–Crippen MR) is 71.4 cm³/mol. The normalized spacial score (nSPS) is 10.9. The third kappa shape index (κ3) is 4.57. The second-order valence-electron chi connectivity index (χ2n) is 5.30. The topological polar surface area (TPSA) is 58.2 Å². The standard InChI is InChI=1S/C14H20N2O2/c1-10-7-5-6-8-11(10)13(18)15-9-12(17)16-14(2,3)4/h5-8H,9H2,1-4H3,(H,15,18)(H,16,17). The lowest BCUT2D eigenvalue weighted by Gasteiger charge is -2.20. The highest BCUT2D eigenvalue weighted by molar-refractivity contribution is 5.97. The molecule has 98 valence electrons. The number of carbonyl (C=O) groups is 2. The van der Waals surface area contributed by atoms with Gasteiger partial charge in [0.2, 0.25) is 5.91 Å². The van der Waals surface area contributed by atoms with E-state index in [-0.39, 0.29) is 23.9 Å². The molecule has 0 saturated carbocycles. The molecule has 2 amide bonds. The van der Waals surface area contributed by atoms with Crippen molar-refractivity contribution in [1.82, 2.24) is 10.6 Å². The Labute approximate surface area is 108 Å². The maximum atomic E-state index is 11.8. The Balaban J connectivity index is 2.52. The van der Waals surface area contributed by atoms with Gasteiger partial charge in [0.1, 0.15) is 0 Å². The van der Waals surface area contributed by atoms with Crippen molar-refractivity contribution in [3.8, 4) is 0 Å². The maximum absolute atomic E-state index is 11.8. The van der Waals surface area contributed by atoms with Crippen LogP contribution in [-0.2, 0) is 4.79 Å². The van der Waals surface area contributed by atoms with Gasteiger partial charge in [-0.05, 0) is 39.3 Å². The fourth-order valence-corrected chi connectivity index (χ4v) is 1.55. The van der Waals surface area contributed by atoms with E-state index in [1.165, 1.54) is 0 Å². The number of nitrogens with one attached hydrogen (secondary N) is 2. The van der Waals surface area contributed by atoms with Crippen LogP contribution in [0.5, 0.6) is 0 Å². The summed E-state index contributed by atoms with van der Waals surface area (Å²) in [6, 6.07) is 7.28. The van der Waals surface area contributed by atoms with Gasteiger partial charge < -0.3 is 10.6 Å². The van der Waals surface area contributed by atoms with Crippen LogP contribution in [0.25, 0.3) is 0 Å². The summed E-state index contributed by atoms with van der Waals surface area (Å²) in [7, 11) is 0. The van der Waals surface area contributed by atoms with Gasteiger partial charge >= 0.3 is 0 Å². The highest BCUT2D eigenvalue weighted by atomic mass is 16.2. The highest BCUT2D eigenvalue weighted by Crippen LogP contribution is 2.06. The molecule has 4 nitrogen and oxygen atoms in total. The van der Waals surface area contributed by atoms with Crippen LogP contribution in [0.1, 0.15) is 36.7 Å². The molecule has 0 aliphatic heterocycles. The van der Waals surface area contributed by atoms with Crippen molar-refractivity contribution in [2.24, 2.45) is 0 Å². The highest BCUT2D eigenvalue weighted by Gasteiger charge is 2.15. The van der Waals surface area contributed by atoms with Crippen molar-refractivity contribution < 1.29 is 9.59 Å². The summed E-state index contributed by atoms with van der Waals surface area (Å²) in [6.07, 6.45) is 0. The van der Waals surface area contributed by atoms with Gasteiger partial charge in [0, 0.05) is 11.1 Å². The number of hydrogen-bond acceptors (Lipinski definition) is 2. The lowest BCUT2D eigenvalue weighted by molar-refractivity contribution is -0.121. The van der Waals surface area contributed by atoms with Gasteiger partial charge in [-0.15, -0.1) is 0 Å². The van der Waals surface area contributed by atoms with Crippen LogP contribution in [0.2, 0.25) is 0 Å². The summed E-state index contributed by atoms with van der Waals surface area (Å²) < 4.78 is 0. The van der Waals surface area contributed by atoms with E-state index in [4.69, 9.17) is 0 Å². The maximum Gasteiger partial charge on any atom is 0.251 e. The van der Waals surface area contributed by atoms with E-state index in [1.807, 2.05) is 39.8 Å². The summed E-state index contributed by atoms with van der Waals surface area (Å²) in [5, 5.41) is 5.40. The molecule has 18 heavy (non-hydrogen) atoms. The number of rotatable bonds is 3. The molecule has 1 aromatic rings. The third-order valence-electron chi connectivity index (χ3n) is 2.31. The van der Waals surface area contributed by atoms with Crippen molar-refractivity contribution in [1.29, 1.82) is 0 Å². The van der Waals surface area contributed by atoms with E-state index in [1.54, 1.807) is 12.1 Å². The van der Waals surface area contributed by atoms with Crippen LogP contribution in [0, 0.1) is 6.92 Å². The second kappa shape index (κ2) is 5.67. The molecule has 4 heteroatoms. The molecule has 0 aliphatic carbocycles. The van der Waals surface area contributed by atoms with E-state index in [9.17, 15) is 9.59 Å². The lowest BCUT2D eigenvalue weighted by atomic mass is 10.1. The first kappa shape index (κ1) is 14.2. The van der Waals surface area contributed by atoms with Gasteiger partial charge in [0.25, 0.3) is 5.91 Å². The molecule has 0 fully saturated rings. The zero-order valence-electron chi connectivity index (χ0n) is 11.3. The minimum Gasteiger partial charge on any atom is -0.350 e. The molecule has 0 bridgehead atoms. The summed E-state index contributed by atoms with van der Waals surface area (Å²) in [5.74, 6) is -0.415. The van der Waals surface area contributed by atoms with Gasteiger partial charge in [-0.25, -0.2) is 0 Å². The molecule has 0 aliphatic rings. The molecular weight excluding hydrogens is 228 g/mol. The number of aryl methyl sites for hydroxylation is 1. The Morgan fingerprint density at radius 1 is 1.17 bits per heavy atom. The van der Waals surface area contributed by atoms with Crippen LogP contribution in [-0.4, -0.2) is 23.9 Å². The fraction of sp³-hybridized carbons (Fsp3) is 0.429. The molecular formula is C14H20N2O2. The minimum atomic E-state index is -0.287. The Bertz CT molecular complexity index is 447. The number of benzene rings is 1. The van der Waals surface area contributed by atoms with E-state index in [0.717, 1.165) is 5.56 Å². The van der Waals surface area contributed by atoms with Crippen molar-refractivity contribution in [2.45, 2.75) is 33.2 Å². The van der Waals surface area contributed by atoms with Crippen LogP contribution < -0.4 is 10.6 Å². The van der Waals surface area contributed by atoms with Crippen molar-refractivity contribution in [2.75, 3.05) is 6.54 Å². The van der Waals surface area contributed by atoms with Gasteiger partial charge in [-0.2, -0.15) is 0 Å². The Morgan fingerprint density at radius 2 is 1.78 bits per heavy atom. The van der Waals surface area contributed by atoms with Crippen LogP contribution in [0.15, 0.2) is 24.3 Å². The molecule has 2 N–H and O–H groups in total. The summed E-state index contributed by atoms with van der Waals surface area (Å²) in [4.78, 5) is 23.4. The molecule has 0 saturated heterocycles. The average molecular weight is 248 g/mol. The molecule has 0 aromatic heterocycles. The largest absolute Gasteiger partial charge is 0.350 e. The molecule has 0 unspecified atom stereocenters. The molecule has 0 atom stereocenters. The number of hydrogen-bond donors (Lipinski definition) is 2. The monoisotopic (exact) mass is 248 g/mol. The first-order valence-electron chi connectivity index (χ1n) is 5.94. The smallest absolute Gasteiger partial charge is 0.251 e. The first-order valence-corrected chi connectivity index (χ1v) is 5.94. The zero-order valence-corrected chi connectivity index (χ0v) is 11.3. The molecule has 0 radical (unpaired) electrons.